The molecule has 106 valence electrons. The Morgan fingerprint density at radius 1 is 1.05 bits per heavy atom. The van der Waals surface area contributed by atoms with Gasteiger partial charge < -0.3 is 10.5 Å². The number of hydrogen-bond donors (Lipinski definition) is 1. The summed E-state index contributed by atoms with van der Waals surface area (Å²) in [4.78, 5) is 23.3. The lowest BCUT2D eigenvalue weighted by molar-refractivity contribution is -0.134. The summed E-state index contributed by atoms with van der Waals surface area (Å²) in [6, 6.07) is 13.8. The highest BCUT2D eigenvalue weighted by Crippen LogP contribution is 2.14. The number of hydrogen-bond acceptors (Lipinski definition) is 4. The van der Waals surface area contributed by atoms with Crippen molar-refractivity contribution in [3.63, 3.8) is 0 Å². The zero-order valence-electron chi connectivity index (χ0n) is 11.6. The quantitative estimate of drug-likeness (QED) is 0.405. The van der Waals surface area contributed by atoms with Crippen LogP contribution in [0, 0.1) is 0 Å². The van der Waals surface area contributed by atoms with Crippen molar-refractivity contribution >= 4 is 23.5 Å². The second-order valence-corrected chi connectivity index (χ2v) is 4.43. The highest BCUT2D eigenvalue weighted by Gasteiger charge is 2.08. The van der Waals surface area contributed by atoms with Gasteiger partial charge in [0.2, 0.25) is 0 Å². The number of carbonyl (C=O) groups is 2. The Kier molecular flexibility index (Phi) is 4.51. The maximum absolute atomic E-state index is 12.3. The van der Waals surface area contributed by atoms with E-state index in [1.165, 1.54) is 13.2 Å². The number of esters is 1. The first-order chi connectivity index (χ1) is 10.1. The molecule has 0 atom stereocenters. The predicted octanol–water partition coefficient (Wildman–Crippen LogP) is 2.69. The molecular weight excluding hydrogens is 266 g/mol. The first kappa shape index (κ1) is 14.5. The van der Waals surface area contributed by atoms with Gasteiger partial charge in [-0.05, 0) is 23.8 Å². The molecule has 21 heavy (non-hydrogen) atoms. The van der Waals surface area contributed by atoms with Crippen LogP contribution in [0.2, 0.25) is 0 Å². The van der Waals surface area contributed by atoms with Crippen molar-refractivity contribution in [2.75, 3.05) is 12.8 Å². The third-order valence-corrected chi connectivity index (χ3v) is 2.93. The van der Waals surface area contributed by atoms with E-state index in [1.54, 1.807) is 54.6 Å². The molecule has 0 bridgehead atoms. The summed E-state index contributed by atoms with van der Waals surface area (Å²) in [5.74, 6) is -0.513. The monoisotopic (exact) mass is 281 g/mol. The van der Waals surface area contributed by atoms with Gasteiger partial charge in [0, 0.05) is 22.9 Å². The lowest BCUT2D eigenvalue weighted by atomic mass is 10.0. The molecule has 2 aromatic carbocycles. The molecule has 4 nitrogen and oxygen atoms in total. The fourth-order valence-corrected chi connectivity index (χ4v) is 1.82. The van der Waals surface area contributed by atoms with Crippen LogP contribution in [-0.4, -0.2) is 18.9 Å². The zero-order chi connectivity index (χ0) is 15.2. The Labute approximate surface area is 122 Å². The fraction of sp³-hybridized carbons (Fsp3) is 0.0588. The number of rotatable bonds is 4. The van der Waals surface area contributed by atoms with E-state index in [4.69, 9.17) is 5.73 Å². The number of ketones is 1. The molecule has 0 aromatic heterocycles. The average molecular weight is 281 g/mol. The van der Waals surface area contributed by atoms with Crippen LogP contribution in [0.15, 0.2) is 54.6 Å². The SMILES string of the molecule is COC(=O)/C=C/c1ccc(C(=O)c2cccc(N)c2)cc1. The minimum atomic E-state index is -0.421. The van der Waals surface area contributed by atoms with Crippen LogP contribution < -0.4 is 5.73 Å². The lowest BCUT2D eigenvalue weighted by Crippen LogP contribution is -2.01. The predicted molar refractivity (Wildman–Crippen MR) is 81.8 cm³/mol. The summed E-state index contributed by atoms with van der Waals surface area (Å²) < 4.78 is 4.51. The van der Waals surface area contributed by atoms with Crippen molar-refractivity contribution in [2.45, 2.75) is 0 Å². The molecule has 0 saturated carbocycles. The zero-order valence-corrected chi connectivity index (χ0v) is 11.6. The highest BCUT2D eigenvalue weighted by molar-refractivity contribution is 6.09. The number of anilines is 1. The van der Waals surface area contributed by atoms with Crippen LogP contribution in [0.3, 0.4) is 0 Å². The Bertz CT molecular complexity index is 687. The maximum Gasteiger partial charge on any atom is 0.330 e. The lowest BCUT2D eigenvalue weighted by Gasteiger charge is -2.03. The third kappa shape index (κ3) is 3.79. The maximum atomic E-state index is 12.3. The van der Waals surface area contributed by atoms with E-state index in [0.29, 0.717) is 16.8 Å². The molecule has 0 heterocycles. The molecule has 2 aromatic rings. The van der Waals surface area contributed by atoms with Crippen molar-refractivity contribution in [1.82, 2.24) is 0 Å². The number of ether oxygens (including phenoxy) is 1. The summed E-state index contributed by atoms with van der Waals surface area (Å²) in [6.45, 7) is 0. The molecule has 2 rings (SSSR count). The van der Waals surface area contributed by atoms with E-state index in [2.05, 4.69) is 4.74 Å². The largest absolute Gasteiger partial charge is 0.466 e. The minimum absolute atomic E-state index is 0.0919. The molecule has 0 unspecified atom stereocenters. The summed E-state index contributed by atoms with van der Waals surface area (Å²) in [7, 11) is 1.32. The topological polar surface area (TPSA) is 69.4 Å². The first-order valence-corrected chi connectivity index (χ1v) is 6.36. The number of benzene rings is 2. The van der Waals surface area contributed by atoms with Gasteiger partial charge in [-0.2, -0.15) is 0 Å². The van der Waals surface area contributed by atoms with Gasteiger partial charge in [-0.1, -0.05) is 36.4 Å². The second kappa shape index (κ2) is 6.52. The number of carbonyl (C=O) groups excluding carboxylic acids is 2. The van der Waals surface area contributed by atoms with E-state index in [1.807, 2.05) is 0 Å². The van der Waals surface area contributed by atoms with Crippen molar-refractivity contribution < 1.29 is 14.3 Å². The van der Waals surface area contributed by atoms with E-state index < -0.39 is 5.97 Å². The molecule has 0 aliphatic carbocycles. The molecule has 0 fully saturated rings. The van der Waals surface area contributed by atoms with E-state index in [0.717, 1.165) is 5.56 Å². The summed E-state index contributed by atoms with van der Waals surface area (Å²) >= 11 is 0. The van der Waals surface area contributed by atoms with E-state index >= 15 is 0 Å². The Balaban J connectivity index is 2.17. The molecule has 0 saturated heterocycles. The molecular formula is C17H15NO3. The van der Waals surface area contributed by atoms with Crippen molar-refractivity contribution in [3.8, 4) is 0 Å². The second-order valence-electron chi connectivity index (χ2n) is 4.43. The highest BCUT2D eigenvalue weighted by atomic mass is 16.5. The molecule has 0 spiro atoms. The number of nitrogens with two attached hydrogens (primary N) is 1. The van der Waals surface area contributed by atoms with Crippen molar-refractivity contribution in [2.24, 2.45) is 0 Å². The number of nitrogen functional groups attached to an aromatic ring is 1. The van der Waals surface area contributed by atoms with Crippen LogP contribution in [0.25, 0.3) is 6.08 Å². The molecule has 2 N–H and O–H groups in total. The molecule has 0 aliphatic heterocycles. The molecule has 4 heteroatoms. The van der Waals surface area contributed by atoms with Crippen LogP contribution in [0.5, 0.6) is 0 Å². The number of methoxy groups -OCH3 is 1. The van der Waals surface area contributed by atoms with Crippen LogP contribution in [0.4, 0.5) is 5.69 Å². The van der Waals surface area contributed by atoms with Gasteiger partial charge in [0.15, 0.2) is 5.78 Å². The summed E-state index contributed by atoms with van der Waals surface area (Å²) in [5.41, 5.74) is 8.15. The Hall–Kier alpha value is -2.88. The normalized spacial score (nSPS) is 10.5. The van der Waals surface area contributed by atoms with Crippen LogP contribution in [0.1, 0.15) is 21.5 Å². The summed E-state index contributed by atoms with van der Waals surface area (Å²) in [6.07, 6.45) is 2.95. The van der Waals surface area contributed by atoms with Crippen molar-refractivity contribution in [1.29, 1.82) is 0 Å². The van der Waals surface area contributed by atoms with Crippen molar-refractivity contribution in [3.05, 3.63) is 71.3 Å². The molecule has 0 aliphatic rings. The van der Waals surface area contributed by atoms with E-state index in [-0.39, 0.29) is 5.78 Å². The average Bonchev–Trinajstić information content (AvgIpc) is 2.52. The summed E-state index contributed by atoms with van der Waals surface area (Å²) in [5, 5.41) is 0. The van der Waals surface area contributed by atoms with Crippen LogP contribution in [-0.2, 0) is 9.53 Å². The Morgan fingerprint density at radius 3 is 2.38 bits per heavy atom. The molecule has 0 radical (unpaired) electrons. The Morgan fingerprint density at radius 2 is 1.76 bits per heavy atom. The standard InChI is InChI=1S/C17H15NO3/c1-21-16(19)10-7-12-5-8-13(9-6-12)17(20)14-3-2-4-15(18)11-14/h2-11H,18H2,1H3/b10-7+. The van der Waals surface area contributed by atoms with Gasteiger partial charge in [0.05, 0.1) is 7.11 Å². The van der Waals surface area contributed by atoms with Crippen LogP contribution >= 0.6 is 0 Å². The van der Waals surface area contributed by atoms with Gasteiger partial charge in [-0.15, -0.1) is 0 Å². The smallest absolute Gasteiger partial charge is 0.330 e. The minimum Gasteiger partial charge on any atom is -0.466 e. The van der Waals surface area contributed by atoms with E-state index in [9.17, 15) is 9.59 Å². The molecule has 0 amide bonds. The third-order valence-electron chi connectivity index (χ3n) is 2.93. The van der Waals surface area contributed by atoms with Gasteiger partial charge in [-0.25, -0.2) is 4.79 Å². The first-order valence-electron chi connectivity index (χ1n) is 6.36. The van der Waals surface area contributed by atoms with Gasteiger partial charge in [-0.3, -0.25) is 4.79 Å². The fourth-order valence-electron chi connectivity index (χ4n) is 1.82. The van der Waals surface area contributed by atoms with Gasteiger partial charge >= 0.3 is 5.97 Å². The van der Waals surface area contributed by atoms with Gasteiger partial charge in [0.1, 0.15) is 0 Å². The van der Waals surface area contributed by atoms with Gasteiger partial charge in [0.25, 0.3) is 0 Å².